The molecule has 29 heavy (non-hydrogen) atoms. The lowest BCUT2D eigenvalue weighted by Gasteiger charge is -2.39. The smallest absolute Gasteiger partial charge is 0.328 e. The highest BCUT2D eigenvalue weighted by molar-refractivity contribution is 6.33. The summed E-state index contributed by atoms with van der Waals surface area (Å²) in [5.74, 6) is -1.01. The van der Waals surface area contributed by atoms with Crippen LogP contribution in [0, 0.1) is 10.1 Å². The third-order valence-electron chi connectivity index (χ3n) is 4.49. The summed E-state index contributed by atoms with van der Waals surface area (Å²) < 4.78 is 0. The maximum Gasteiger partial charge on any atom is 0.328 e. The van der Waals surface area contributed by atoms with Crippen molar-refractivity contribution in [3.8, 4) is 0 Å². The second-order valence-corrected chi connectivity index (χ2v) is 6.75. The highest BCUT2D eigenvalue weighted by Crippen LogP contribution is 2.24. The topological polar surface area (TPSA) is 141 Å². The van der Waals surface area contributed by atoms with E-state index >= 15 is 0 Å². The Morgan fingerprint density at radius 2 is 2.14 bits per heavy atom. The van der Waals surface area contributed by atoms with Crippen LogP contribution in [0.1, 0.15) is 5.56 Å². The summed E-state index contributed by atoms with van der Waals surface area (Å²) in [4.78, 5) is 54.6. The largest absolute Gasteiger partial charge is 0.338 e. The van der Waals surface area contributed by atoms with E-state index in [1.54, 1.807) is 0 Å². The number of urea groups is 1. The molecule has 1 N–H and O–H groups in total. The van der Waals surface area contributed by atoms with E-state index in [0.29, 0.717) is 0 Å². The fourth-order valence-corrected chi connectivity index (χ4v) is 3.13. The van der Waals surface area contributed by atoms with Crippen molar-refractivity contribution in [3.63, 3.8) is 0 Å². The average Bonchev–Trinajstić information content (AvgIpc) is 3.09. The van der Waals surface area contributed by atoms with Crippen LogP contribution < -0.4 is 5.43 Å². The Labute approximate surface area is 169 Å². The van der Waals surface area contributed by atoms with Crippen LogP contribution in [0.2, 0.25) is 5.02 Å². The number of carbonyl (C=O) groups excluding carboxylic acids is 3. The number of likely N-dealkylation sites (N-methyl/N-ethyl adjacent to an activating group) is 2. The number of nitro benzene ring substituents is 1. The number of fused-ring (bicyclic) bond motifs is 1. The molecule has 13 heteroatoms. The number of hydrogen-bond donors (Lipinski definition) is 1. The van der Waals surface area contributed by atoms with E-state index in [0.717, 1.165) is 4.90 Å². The predicted molar refractivity (Wildman–Crippen MR) is 103 cm³/mol. The number of nitro groups is 1. The number of amides is 4. The first-order valence-corrected chi connectivity index (χ1v) is 8.67. The summed E-state index contributed by atoms with van der Waals surface area (Å²) in [6, 6.07) is 2.55. The van der Waals surface area contributed by atoms with Crippen LogP contribution in [0.5, 0.6) is 0 Å². The first-order valence-electron chi connectivity index (χ1n) is 8.30. The van der Waals surface area contributed by atoms with Gasteiger partial charge in [0.2, 0.25) is 0 Å². The Morgan fingerprint density at radius 1 is 1.41 bits per heavy atom. The zero-order valence-corrected chi connectivity index (χ0v) is 16.1. The molecule has 2 atom stereocenters. The van der Waals surface area contributed by atoms with Crippen molar-refractivity contribution in [2.75, 3.05) is 20.6 Å². The lowest BCUT2D eigenvalue weighted by molar-refractivity contribution is -0.384. The summed E-state index contributed by atoms with van der Waals surface area (Å²) >= 11 is 5.96. The molecule has 1 fully saturated rings. The summed E-state index contributed by atoms with van der Waals surface area (Å²) in [6.07, 6.45) is 1.82. The second kappa shape index (κ2) is 7.83. The van der Waals surface area contributed by atoms with Crippen LogP contribution in [0.15, 0.2) is 28.3 Å². The van der Waals surface area contributed by atoms with Crippen LogP contribution in [-0.2, 0) is 9.59 Å². The number of hydrogen-bond acceptors (Lipinski definition) is 8. The fourth-order valence-electron chi connectivity index (χ4n) is 2.96. The Hall–Kier alpha value is -3.54. The molecule has 152 valence electrons. The fraction of sp³-hybridized carbons (Fsp3) is 0.312. The number of hydrazone groups is 1. The Bertz CT molecular complexity index is 950. The Kier molecular flexibility index (Phi) is 5.46. The number of aliphatic imine (C=N–C) groups is 1. The number of imide groups is 1. The van der Waals surface area contributed by atoms with Crippen LogP contribution in [0.4, 0.5) is 10.5 Å². The van der Waals surface area contributed by atoms with E-state index in [9.17, 15) is 24.5 Å². The van der Waals surface area contributed by atoms with Gasteiger partial charge in [0.25, 0.3) is 17.5 Å². The molecule has 0 radical (unpaired) electrons. The molecule has 2 unspecified atom stereocenters. The van der Waals surface area contributed by atoms with Crippen LogP contribution in [0.25, 0.3) is 0 Å². The molecule has 2 aliphatic heterocycles. The van der Waals surface area contributed by atoms with Gasteiger partial charge in [0.05, 0.1) is 17.5 Å². The van der Waals surface area contributed by atoms with E-state index in [2.05, 4.69) is 15.5 Å². The normalized spacial score (nSPS) is 21.1. The van der Waals surface area contributed by atoms with Gasteiger partial charge in [0.1, 0.15) is 6.54 Å². The van der Waals surface area contributed by atoms with Gasteiger partial charge in [-0.2, -0.15) is 5.10 Å². The summed E-state index contributed by atoms with van der Waals surface area (Å²) in [7, 11) is 2.89. The minimum Gasteiger partial charge on any atom is -0.338 e. The molecular weight excluding hydrogens is 406 g/mol. The average molecular weight is 422 g/mol. The van der Waals surface area contributed by atoms with E-state index in [4.69, 9.17) is 11.6 Å². The van der Waals surface area contributed by atoms with Crippen molar-refractivity contribution in [1.82, 2.24) is 20.1 Å². The molecule has 0 aromatic heterocycles. The first kappa shape index (κ1) is 20.2. The third-order valence-corrected chi connectivity index (χ3v) is 4.83. The second-order valence-electron chi connectivity index (χ2n) is 6.34. The molecule has 1 saturated heterocycles. The molecule has 2 aliphatic rings. The first-order chi connectivity index (χ1) is 13.7. The van der Waals surface area contributed by atoms with E-state index in [1.807, 2.05) is 0 Å². The molecule has 1 aromatic rings. The van der Waals surface area contributed by atoms with Crippen molar-refractivity contribution in [1.29, 1.82) is 0 Å². The van der Waals surface area contributed by atoms with Gasteiger partial charge in [0, 0.05) is 36.8 Å². The number of non-ortho nitro benzene ring substituents is 1. The highest BCUT2D eigenvalue weighted by atomic mass is 35.5. The summed E-state index contributed by atoms with van der Waals surface area (Å²) in [5.41, 5.74) is 2.36. The summed E-state index contributed by atoms with van der Waals surface area (Å²) in [5, 5.41) is 14.8. The van der Waals surface area contributed by atoms with E-state index < -0.39 is 35.0 Å². The molecule has 3 rings (SSSR count). The van der Waals surface area contributed by atoms with Crippen LogP contribution in [-0.4, -0.2) is 82.9 Å². The quantitative estimate of drug-likeness (QED) is 0.410. The molecular formula is C16H16ClN7O5. The van der Waals surface area contributed by atoms with Crippen molar-refractivity contribution in [2.45, 2.75) is 12.2 Å². The standard InChI is InChI=1S/C16H16ClN7O5/c1-21-14-13(15(26)22(2)16(21)27)23(8-18-14)7-12(25)20-19-6-9-5-10(24(28)29)3-4-11(9)17/h3-6,8,13-14H,7H2,1-2H3,(H,20,25)/b19-6+. The molecule has 1 aromatic carbocycles. The number of nitrogens with zero attached hydrogens (tertiary/aromatic N) is 6. The minimum atomic E-state index is -0.802. The van der Waals surface area contributed by atoms with Crippen molar-refractivity contribution < 1.29 is 19.3 Å². The van der Waals surface area contributed by atoms with Gasteiger partial charge in [-0.3, -0.25) is 24.6 Å². The van der Waals surface area contributed by atoms with Crippen LogP contribution in [0.3, 0.4) is 0 Å². The number of carbonyl (C=O) groups is 3. The van der Waals surface area contributed by atoms with Gasteiger partial charge in [-0.1, -0.05) is 11.6 Å². The number of benzene rings is 1. The van der Waals surface area contributed by atoms with Gasteiger partial charge in [-0.15, -0.1) is 0 Å². The Morgan fingerprint density at radius 3 is 2.83 bits per heavy atom. The molecule has 0 aliphatic carbocycles. The SMILES string of the molecule is CN1C(=O)C2C(N=CN2CC(=O)N/N=C/c2cc([N+](=O)[O-])ccc2Cl)N(C)C1=O. The van der Waals surface area contributed by atoms with Crippen molar-refractivity contribution in [2.24, 2.45) is 10.1 Å². The molecule has 0 bridgehead atoms. The van der Waals surface area contributed by atoms with Crippen molar-refractivity contribution >= 4 is 47.7 Å². The monoisotopic (exact) mass is 421 g/mol. The van der Waals surface area contributed by atoms with Crippen LogP contribution >= 0.6 is 11.6 Å². The third kappa shape index (κ3) is 3.87. The van der Waals surface area contributed by atoms with Gasteiger partial charge < -0.3 is 9.80 Å². The lowest BCUT2D eigenvalue weighted by Crippen LogP contribution is -2.64. The lowest BCUT2D eigenvalue weighted by atomic mass is 10.1. The number of rotatable bonds is 5. The maximum absolute atomic E-state index is 12.4. The molecule has 0 spiro atoms. The molecule has 2 heterocycles. The molecule has 0 saturated carbocycles. The maximum atomic E-state index is 12.4. The number of nitrogens with one attached hydrogen (secondary N) is 1. The van der Waals surface area contributed by atoms with Crippen molar-refractivity contribution in [3.05, 3.63) is 38.9 Å². The van der Waals surface area contributed by atoms with Gasteiger partial charge in [-0.25, -0.2) is 15.2 Å². The zero-order valence-electron chi connectivity index (χ0n) is 15.4. The Balaban J connectivity index is 1.63. The minimum absolute atomic E-state index is 0.167. The van der Waals surface area contributed by atoms with E-state index in [1.165, 1.54) is 54.6 Å². The number of halogens is 1. The zero-order chi connectivity index (χ0) is 21.3. The summed E-state index contributed by atoms with van der Waals surface area (Å²) in [6.45, 7) is -0.230. The predicted octanol–water partition coefficient (Wildman–Crippen LogP) is 0.261. The highest BCUT2D eigenvalue weighted by Gasteiger charge is 2.48. The van der Waals surface area contributed by atoms with Gasteiger partial charge >= 0.3 is 6.03 Å². The van der Waals surface area contributed by atoms with E-state index in [-0.39, 0.29) is 22.8 Å². The molecule has 12 nitrogen and oxygen atoms in total. The van der Waals surface area contributed by atoms with Gasteiger partial charge in [0.15, 0.2) is 12.2 Å². The molecule has 4 amide bonds. The van der Waals surface area contributed by atoms with Gasteiger partial charge in [-0.05, 0) is 6.07 Å².